The van der Waals surface area contributed by atoms with Crippen LogP contribution in [-0.2, 0) is 4.79 Å². The third-order valence-electron chi connectivity index (χ3n) is 6.52. The lowest BCUT2D eigenvalue weighted by molar-refractivity contribution is -0.135. The Hall–Kier alpha value is -4.56. The fraction of sp³-hybridized carbons (Fsp3) is 0.0690. The van der Waals surface area contributed by atoms with Gasteiger partial charge >= 0.3 is 5.97 Å². The molecule has 7 rings (SSSR count). The molecule has 1 aliphatic rings. The number of thiazole rings is 1. The highest BCUT2D eigenvalue weighted by molar-refractivity contribution is 7.21. The number of para-hydroxylation sites is 1. The van der Waals surface area contributed by atoms with Gasteiger partial charge in [-0.15, -0.1) is 11.3 Å². The van der Waals surface area contributed by atoms with Crippen LogP contribution in [0, 0.1) is 5.82 Å². The Morgan fingerprint density at radius 1 is 0.919 bits per heavy atom. The van der Waals surface area contributed by atoms with E-state index in [4.69, 9.17) is 13.6 Å². The lowest BCUT2D eigenvalue weighted by Crippen LogP contribution is -2.21. The van der Waals surface area contributed by atoms with Crippen molar-refractivity contribution < 1.29 is 22.8 Å². The third kappa shape index (κ3) is 3.48. The number of esters is 1. The first kappa shape index (κ1) is 21.7. The van der Waals surface area contributed by atoms with E-state index in [9.17, 15) is 14.0 Å². The number of carbonyl (C=O) groups excluding carboxylic acids is 1. The van der Waals surface area contributed by atoms with E-state index in [2.05, 4.69) is 4.98 Å². The van der Waals surface area contributed by atoms with Crippen LogP contribution in [0.4, 0.5) is 4.39 Å². The summed E-state index contributed by atoms with van der Waals surface area (Å²) in [5.74, 6) is -0.0586. The molecular weight excluding hydrogens is 493 g/mol. The highest BCUT2D eigenvalue weighted by Gasteiger charge is 2.34. The van der Waals surface area contributed by atoms with E-state index in [-0.39, 0.29) is 33.9 Å². The van der Waals surface area contributed by atoms with Gasteiger partial charge in [0.1, 0.15) is 29.2 Å². The highest BCUT2D eigenvalue weighted by Crippen LogP contribution is 2.44. The number of rotatable bonds is 3. The molecule has 0 N–H and O–H groups in total. The van der Waals surface area contributed by atoms with Crippen molar-refractivity contribution in [3.05, 3.63) is 106 Å². The average Bonchev–Trinajstić information content (AvgIpc) is 3.56. The van der Waals surface area contributed by atoms with Gasteiger partial charge in [-0.05, 0) is 42.5 Å². The molecule has 3 aromatic carbocycles. The summed E-state index contributed by atoms with van der Waals surface area (Å²) in [6.07, 6.45) is 1.27. The van der Waals surface area contributed by atoms with Crippen LogP contribution in [0.3, 0.4) is 0 Å². The van der Waals surface area contributed by atoms with E-state index in [0.29, 0.717) is 22.8 Å². The number of furan rings is 1. The van der Waals surface area contributed by atoms with Gasteiger partial charge in [0.2, 0.25) is 5.43 Å². The Bertz CT molecular complexity index is 1880. The van der Waals surface area contributed by atoms with Crippen LogP contribution in [0.15, 0.2) is 92.7 Å². The molecule has 0 unspecified atom stereocenters. The van der Waals surface area contributed by atoms with Gasteiger partial charge in [-0.1, -0.05) is 30.3 Å². The summed E-state index contributed by atoms with van der Waals surface area (Å²) in [7, 11) is 0. The molecule has 3 aromatic heterocycles. The molecule has 0 spiro atoms. The predicted molar refractivity (Wildman–Crippen MR) is 137 cm³/mol. The molecule has 6 aromatic rings. The maximum absolute atomic E-state index is 14.4. The standard InChI is InChI=1S/C29H16FNO5S/c30-19-6-2-1-5-15(19)18-14-34-28-16(27(18)33)9-10-22-26(28)17(13-25(32)36-22)21-11-12-23(35-21)29-31-20-7-3-4-8-24(20)37-29/h1-12,14,17H,13H2/t17-/m1/s1. The topological polar surface area (TPSA) is 82.5 Å². The first-order valence-corrected chi connectivity index (χ1v) is 12.4. The molecule has 0 aliphatic carbocycles. The zero-order valence-electron chi connectivity index (χ0n) is 19.1. The van der Waals surface area contributed by atoms with Gasteiger partial charge in [-0.3, -0.25) is 9.59 Å². The molecule has 1 atom stereocenters. The van der Waals surface area contributed by atoms with E-state index in [1.807, 2.05) is 30.3 Å². The smallest absolute Gasteiger partial charge is 0.312 e. The van der Waals surface area contributed by atoms with Gasteiger partial charge in [0.05, 0.1) is 33.5 Å². The van der Waals surface area contributed by atoms with Crippen LogP contribution in [-0.4, -0.2) is 11.0 Å². The number of halogens is 1. The third-order valence-corrected chi connectivity index (χ3v) is 7.57. The largest absolute Gasteiger partial charge is 0.463 e. The van der Waals surface area contributed by atoms with Gasteiger partial charge < -0.3 is 13.6 Å². The van der Waals surface area contributed by atoms with E-state index >= 15 is 0 Å². The lowest BCUT2D eigenvalue weighted by atomic mass is 9.88. The van der Waals surface area contributed by atoms with Crippen LogP contribution in [0.1, 0.15) is 23.7 Å². The van der Waals surface area contributed by atoms with Crippen LogP contribution in [0.5, 0.6) is 5.75 Å². The summed E-state index contributed by atoms with van der Waals surface area (Å²) >= 11 is 1.51. The SMILES string of the molecule is O=C1C[C@H](c2ccc(-c3nc4ccccc4s3)o2)c2c(ccc3c(=O)c(-c4ccccc4F)coc23)O1. The van der Waals surface area contributed by atoms with Crippen molar-refractivity contribution in [1.82, 2.24) is 4.98 Å². The van der Waals surface area contributed by atoms with Crippen molar-refractivity contribution in [2.24, 2.45) is 0 Å². The van der Waals surface area contributed by atoms with Crippen LogP contribution < -0.4 is 10.2 Å². The Morgan fingerprint density at radius 3 is 2.62 bits per heavy atom. The summed E-state index contributed by atoms with van der Waals surface area (Å²) in [6, 6.07) is 20.6. The molecule has 37 heavy (non-hydrogen) atoms. The molecule has 1 aliphatic heterocycles. The summed E-state index contributed by atoms with van der Waals surface area (Å²) in [6.45, 7) is 0. The van der Waals surface area contributed by atoms with E-state index in [1.54, 1.807) is 24.3 Å². The molecule has 180 valence electrons. The van der Waals surface area contributed by atoms with Gasteiger partial charge in [0.15, 0.2) is 10.8 Å². The zero-order chi connectivity index (χ0) is 25.1. The number of hydrogen-bond donors (Lipinski definition) is 0. The summed E-state index contributed by atoms with van der Waals surface area (Å²) in [4.78, 5) is 30.5. The Morgan fingerprint density at radius 2 is 1.76 bits per heavy atom. The van der Waals surface area contributed by atoms with Crippen molar-refractivity contribution in [2.75, 3.05) is 0 Å². The minimum absolute atomic E-state index is 0.0116. The highest BCUT2D eigenvalue weighted by atomic mass is 32.1. The molecule has 4 heterocycles. The molecule has 0 saturated carbocycles. The van der Waals surface area contributed by atoms with Crippen LogP contribution in [0.2, 0.25) is 0 Å². The number of aromatic nitrogens is 1. The predicted octanol–water partition coefficient (Wildman–Crippen LogP) is 6.91. The van der Waals surface area contributed by atoms with Gasteiger partial charge in [-0.2, -0.15) is 0 Å². The Labute approximate surface area is 212 Å². The Balaban J connectivity index is 1.37. The lowest BCUT2D eigenvalue weighted by Gasteiger charge is -2.23. The number of hydrogen-bond acceptors (Lipinski definition) is 7. The van der Waals surface area contributed by atoms with Crippen LogP contribution in [0.25, 0.3) is 43.1 Å². The van der Waals surface area contributed by atoms with E-state index in [0.717, 1.165) is 15.2 Å². The number of carbonyl (C=O) groups is 1. The minimum Gasteiger partial charge on any atom is -0.463 e. The van der Waals surface area contributed by atoms with Crippen molar-refractivity contribution in [1.29, 1.82) is 0 Å². The molecule has 0 amide bonds. The normalized spacial score (nSPS) is 15.2. The van der Waals surface area contributed by atoms with Gasteiger partial charge in [-0.25, -0.2) is 9.37 Å². The second-order valence-electron chi connectivity index (χ2n) is 8.73. The van der Waals surface area contributed by atoms with Crippen molar-refractivity contribution in [3.63, 3.8) is 0 Å². The molecule has 8 heteroatoms. The van der Waals surface area contributed by atoms with E-state index in [1.165, 1.54) is 35.8 Å². The van der Waals surface area contributed by atoms with Crippen LogP contribution >= 0.6 is 11.3 Å². The maximum atomic E-state index is 14.4. The first-order valence-electron chi connectivity index (χ1n) is 11.6. The van der Waals surface area contributed by atoms with Gasteiger partial charge in [0.25, 0.3) is 0 Å². The fourth-order valence-corrected chi connectivity index (χ4v) is 5.72. The number of benzene rings is 3. The maximum Gasteiger partial charge on any atom is 0.312 e. The summed E-state index contributed by atoms with van der Waals surface area (Å²) < 4.78 is 33.1. The monoisotopic (exact) mass is 509 g/mol. The molecule has 0 saturated heterocycles. The minimum atomic E-state index is -0.537. The number of nitrogens with zero attached hydrogens (tertiary/aromatic N) is 1. The quantitative estimate of drug-likeness (QED) is 0.190. The molecule has 0 bridgehead atoms. The molecular formula is C29H16FNO5S. The number of ether oxygens (including phenoxy) is 1. The molecule has 0 radical (unpaired) electrons. The zero-order valence-corrected chi connectivity index (χ0v) is 19.9. The number of fused-ring (bicyclic) bond motifs is 4. The molecule has 6 nitrogen and oxygen atoms in total. The van der Waals surface area contributed by atoms with Crippen molar-refractivity contribution in [3.8, 4) is 27.6 Å². The second-order valence-corrected chi connectivity index (χ2v) is 9.76. The molecule has 0 fully saturated rings. The van der Waals surface area contributed by atoms with Crippen molar-refractivity contribution in [2.45, 2.75) is 12.3 Å². The second kappa shape index (κ2) is 8.25. The van der Waals surface area contributed by atoms with E-state index < -0.39 is 17.7 Å². The average molecular weight is 510 g/mol. The van der Waals surface area contributed by atoms with Crippen molar-refractivity contribution >= 4 is 38.5 Å². The first-order chi connectivity index (χ1) is 18.1. The fourth-order valence-electron chi connectivity index (χ4n) is 4.80. The van der Waals surface area contributed by atoms with Gasteiger partial charge in [0, 0.05) is 11.1 Å². The summed E-state index contributed by atoms with van der Waals surface area (Å²) in [5, 5.41) is 0.991. The summed E-state index contributed by atoms with van der Waals surface area (Å²) in [5.41, 5.74) is 1.60. The Kier molecular flexibility index (Phi) is 4.84.